The van der Waals surface area contributed by atoms with Crippen molar-refractivity contribution in [2.24, 2.45) is 5.10 Å². The molecule has 1 aliphatic rings. The van der Waals surface area contributed by atoms with E-state index in [4.69, 9.17) is 37.4 Å². The predicted molar refractivity (Wildman–Crippen MR) is 140 cm³/mol. The largest absolute Gasteiger partial charge is 0.490 e. The predicted octanol–water partition coefficient (Wildman–Crippen LogP) is 6.66. The van der Waals surface area contributed by atoms with Gasteiger partial charge in [-0.3, -0.25) is 4.79 Å². The molecule has 0 bridgehead atoms. The Morgan fingerprint density at radius 3 is 2.34 bits per heavy atom. The van der Waals surface area contributed by atoms with Gasteiger partial charge in [-0.1, -0.05) is 53.5 Å². The van der Waals surface area contributed by atoms with Crippen molar-refractivity contribution in [1.82, 2.24) is 0 Å². The van der Waals surface area contributed by atoms with Gasteiger partial charge in [-0.05, 0) is 61.9 Å². The molecule has 0 radical (unpaired) electrons. The van der Waals surface area contributed by atoms with Gasteiger partial charge in [-0.2, -0.15) is 10.1 Å². The van der Waals surface area contributed by atoms with Crippen molar-refractivity contribution in [2.75, 3.05) is 24.8 Å². The van der Waals surface area contributed by atoms with Crippen LogP contribution in [-0.4, -0.2) is 31.4 Å². The van der Waals surface area contributed by atoms with Crippen LogP contribution in [0.4, 0.5) is 5.69 Å². The van der Waals surface area contributed by atoms with Gasteiger partial charge in [0, 0.05) is 0 Å². The number of anilines is 1. The molecule has 0 spiro atoms. The van der Waals surface area contributed by atoms with Crippen LogP contribution >= 0.6 is 23.2 Å². The third kappa shape index (κ3) is 5.78. The van der Waals surface area contributed by atoms with E-state index >= 15 is 0 Å². The number of hydrogen-bond acceptors (Lipinski definition) is 5. The van der Waals surface area contributed by atoms with Crippen LogP contribution in [0.5, 0.6) is 17.2 Å². The molecule has 180 valence electrons. The lowest BCUT2D eigenvalue weighted by molar-refractivity contribution is -0.114. The first-order valence-corrected chi connectivity index (χ1v) is 11.9. The Kier molecular flexibility index (Phi) is 7.95. The number of halogens is 2. The maximum absolute atomic E-state index is 13.0. The molecule has 0 unspecified atom stereocenters. The Labute approximate surface area is 214 Å². The Bertz CT molecular complexity index is 1280. The molecule has 8 heteroatoms. The number of carbonyl (C=O) groups excluding carboxylic acids is 1. The summed E-state index contributed by atoms with van der Waals surface area (Å²) in [5, 5.41) is 6.70. The first-order chi connectivity index (χ1) is 17.0. The summed E-state index contributed by atoms with van der Waals surface area (Å²) in [6.07, 6.45) is 1.75. The van der Waals surface area contributed by atoms with Gasteiger partial charge in [-0.25, -0.2) is 0 Å². The third-order valence-corrected chi connectivity index (χ3v) is 5.72. The van der Waals surface area contributed by atoms with Crippen LogP contribution in [0.25, 0.3) is 6.08 Å². The molecule has 0 atom stereocenters. The minimum absolute atomic E-state index is 0.208. The molecule has 1 amide bonds. The number of rotatable bonds is 9. The normalized spacial score (nSPS) is 14.3. The smallest absolute Gasteiger partial charge is 0.280 e. The molecule has 1 aliphatic heterocycles. The topological polar surface area (TPSA) is 60.4 Å². The van der Waals surface area contributed by atoms with Crippen molar-refractivity contribution in [2.45, 2.75) is 13.8 Å². The number of hydrogen-bond donors (Lipinski definition) is 0. The minimum atomic E-state index is -0.208. The fraction of sp³-hybridized carbons (Fsp3) is 0.185. The lowest BCUT2D eigenvalue weighted by Gasteiger charge is -2.15. The number of benzene rings is 3. The standard InChI is InChI=1S/C27H24Cl2N2O4/c1-3-33-25-17-19(15-21-18(2)30-31(27(21)32)20-9-5-4-6-10-20)16-23(29)26(25)35-14-13-34-24-12-8-7-11-22(24)28/h4-12,15-17H,3,13-14H2,1-2H3/b21-15-. The van der Waals surface area contributed by atoms with Crippen LogP contribution in [0.3, 0.4) is 0 Å². The summed E-state index contributed by atoms with van der Waals surface area (Å²) in [6, 6.07) is 20.0. The molecule has 0 saturated heterocycles. The van der Waals surface area contributed by atoms with E-state index in [0.717, 1.165) is 0 Å². The maximum atomic E-state index is 13.0. The van der Waals surface area contributed by atoms with Crippen LogP contribution in [-0.2, 0) is 4.79 Å². The van der Waals surface area contributed by atoms with E-state index in [0.29, 0.717) is 56.4 Å². The van der Waals surface area contributed by atoms with Crippen LogP contribution in [0.2, 0.25) is 10.0 Å². The van der Waals surface area contributed by atoms with Crippen LogP contribution in [0.1, 0.15) is 19.4 Å². The molecule has 3 aromatic carbocycles. The highest BCUT2D eigenvalue weighted by Crippen LogP contribution is 2.38. The second-order valence-electron chi connectivity index (χ2n) is 7.59. The first kappa shape index (κ1) is 24.6. The highest BCUT2D eigenvalue weighted by Gasteiger charge is 2.28. The molecule has 0 fully saturated rings. The van der Waals surface area contributed by atoms with E-state index in [1.165, 1.54) is 5.01 Å². The summed E-state index contributed by atoms with van der Waals surface area (Å²) in [4.78, 5) is 13.0. The zero-order valence-corrected chi connectivity index (χ0v) is 20.8. The summed E-state index contributed by atoms with van der Waals surface area (Å²) in [5.41, 5.74) is 2.50. The Hall–Kier alpha value is -3.48. The van der Waals surface area contributed by atoms with Gasteiger partial charge in [0.05, 0.1) is 33.6 Å². The summed E-state index contributed by atoms with van der Waals surface area (Å²) in [6.45, 7) is 4.61. The molecule has 35 heavy (non-hydrogen) atoms. The Morgan fingerprint density at radius 2 is 1.60 bits per heavy atom. The molecular formula is C27H24Cl2N2O4. The average Bonchev–Trinajstić information content (AvgIpc) is 3.13. The molecule has 0 aliphatic carbocycles. The zero-order valence-electron chi connectivity index (χ0n) is 19.3. The fourth-order valence-corrected chi connectivity index (χ4v) is 3.99. The van der Waals surface area contributed by atoms with Gasteiger partial charge in [0.25, 0.3) is 5.91 Å². The SMILES string of the molecule is CCOc1cc(/C=C2\C(=O)N(c3ccccc3)N=C2C)cc(Cl)c1OCCOc1ccccc1Cl. The van der Waals surface area contributed by atoms with Gasteiger partial charge in [0.2, 0.25) is 0 Å². The Morgan fingerprint density at radius 1 is 0.886 bits per heavy atom. The monoisotopic (exact) mass is 510 g/mol. The molecule has 0 saturated carbocycles. The zero-order chi connectivity index (χ0) is 24.8. The summed E-state index contributed by atoms with van der Waals surface area (Å²) < 4.78 is 17.3. The number of amides is 1. The van der Waals surface area contributed by atoms with E-state index in [9.17, 15) is 4.79 Å². The molecule has 0 N–H and O–H groups in total. The van der Waals surface area contributed by atoms with Crippen molar-refractivity contribution in [3.05, 3.63) is 87.9 Å². The number of nitrogens with zero attached hydrogens (tertiary/aromatic N) is 2. The number of ether oxygens (including phenoxy) is 3. The maximum Gasteiger partial charge on any atom is 0.280 e. The number of para-hydroxylation sites is 2. The number of hydrazone groups is 1. The van der Waals surface area contributed by atoms with Gasteiger partial charge in [0.1, 0.15) is 19.0 Å². The molecule has 6 nitrogen and oxygen atoms in total. The summed E-state index contributed by atoms with van der Waals surface area (Å²) in [5.74, 6) is 1.26. The highest BCUT2D eigenvalue weighted by molar-refractivity contribution is 6.33. The van der Waals surface area contributed by atoms with Crippen molar-refractivity contribution < 1.29 is 19.0 Å². The highest BCUT2D eigenvalue weighted by atomic mass is 35.5. The molecule has 0 aromatic heterocycles. The summed E-state index contributed by atoms with van der Waals surface area (Å²) in [7, 11) is 0. The van der Waals surface area contributed by atoms with Crippen molar-refractivity contribution in [1.29, 1.82) is 0 Å². The van der Waals surface area contributed by atoms with Crippen molar-refractivity contribution in [3.8, 4) is 17.2 Å². The lowest BCUT2D eigenvalue weighted by atomic mass is 10.1. The molecule has 3 aromatic rings. The van der Waals surface area contributed by atoms with Crippen LogP contribution in [0, 0.1) is 0 Å². The minimum Gasteiger partial charge on any atom is -0.490 e. The van der Waals surface area contributed by atoms with Crippen LogP contribution in [0.15, 0.2) is 77.4 Å². The first-order valence-electron chi connectivity index (χ1n) is 11.1. The quantitative estimate of drug-likeness (QED) is 0.238. The van der Waals surface area contributed by atoms with Crippen molar-refractivity contribution >= 4 is 46.6 Å². The van der Waals surface area contributed by atoms with Crippen LogP contribution < -0.4 is 19.2 Å². The second kappa shape index (κ2) is 11.3. The van der Waals surface area contributed by atoms with Crippen molar-refractivity contribution in [3.63, 3.8) is 0 Å². The van der Waals surface area contributed by atoms with Gasteiger partial charge in [-0.15, -0.1) is 0 Å². The lowest BCUT2D eigenvalue weighted by Crippen LogP contribution is -2.21. The Balaban J connectivity index is 1.51. The van der Waals surface area contributed by atoms with E-state index < -0.39 is 0 Å². The van der Waals surface area contributed by atoms with E-state index in [1.54, 1.807) is 37.3 Å². The molecular weight excluding hydrogens is 487 g/mol. The average molecular weight is 511 g/mol. The van der Waals surface area contributed by atoms with Gasteiger partial charge >= 0.3 is 0 Å². The third-order valence-electron chi connectivity index (χ3n) is 5.13. The number of carbonyl (C=O) groups is 1. The second-order valence-corrected chi connectivity index (χ2v) is 8.40. The molecule has 4 rings (SSSR count). The molecule has 1 heterocycles. The van der Waals surface area contributed by atoms with Gasteiger partial charge < -0.3 is 14.2 Å². The fourth-order valence-electron chi connectivity index (χ4n) is 3.53. The van der Waals surface area contributed by atoms with Gasteiger partial charge in [0.15, 0.2) is 11.5 Å². The van der Waals surface area contributed by atoms with E-state index in [1.807, 2.05) is 49.4 Å². The van der Waals surface area contributed by atoms with E-state index in [2.05, 4.69) is 5.10 Å². The summed E-state index contributed by atoms with van der Waals surface area (Å²) >= 11 is 12.7. The van der Waals surface area contributed by atoms with E-state index in [-0.39, 0.29) is 19.1 Å².